The minimum atomic E-state index is -0.714. The fraction of sp³-hybridized carbons (Fsp3) is 0.227. The summed E-state index contributed by atoms with van der Waals surface area (Å²) in [5, 5.41) is 12.4. The average molecular weight is 390 g/mol. The second kappa shape index (κ2) is 8.60. The number of ether oxygens (including phenoxy) is 1. The first-order chi connectivity index (χ1) is 14.2. The molecule has 1 aromatic heterocycles. The first kappa shape index (κ1) is 18.7. The highest BCUT2D eigenvalue weighted by Gasteiger charge is 2.25. The molecule has 0 aliphatic carbocycles. The molecule has 148 valence electrons. The van der Waals surface area contributed by atoms with E-state index in [0.29, 0.717) is 31.7 Å². The Kier molecular flexibility index (Phi) is 5.56. The van der Waals surface area contributed by atoms with E-state index >= 15 is 0 Å². The molecule has 0 amide bonds. The molecule has 2 aromatic carbocycles. The van der Waals surface area contributed by atoms with Gasteiger partial charge in [-0.15, -0.1) is 0 Å². The van der Waals surface area contributed by atoms with Crippen LogP contribution in [0.3, 0.4) is 0 Å². The standard InChI is InChI=1S/C22H22N4O3/c27-22(28)16-10-12-26(13-11-16)21-14-20(23-15-24-21)25-17-6-8-19(9-7-17)29-18-4-2-1-3-5-18/h1-9,14-16H,10-13H2,(H,27,28)(H,23,24,25). The van der Waals surface area contributed by atoms with Crippen molar-refractivity contribution in [3.05, 3.63) is 67.0 Å². The van der Waals surface area contributed by atoms with Gasteiger partial charge < -0.3 is 20.1 Å². The van der Waals surface area contributed by atoms with Crippen molar-refractivity contribution in [3.63, 3.8) is 0 Å². The first-order valence-electron chi connectivity index (χ1n) is 9.57. The molecule has 3 aromatic rings. The van der Waals surface area contributed by atoms with E-state index in [-0.39, 0.29) is 5.92 Å². The van der Waals surface area contributed by atoms with Crippen LogP contribution in [0.2, 0.25) is 0 Å². The predicted octanol–water partition coefficient (Wildman–Crippen LogP) is 4.31. The van der Waals surface area contributed by atoms with E-state index in [1.54, 1.807) is 0 Å². The maximum atomic E-state index is 11.1. The Morgan fingerprint density at radius 2 is 1.69 bits per heavy atom. The number of aliphatic carboxylic acids is 1. The van der Waals surface area contributed by atoms with Crippen LogP contribution in [0, 0.1) is 5.92 Å². The van der Waals surface area contributed by atoms with Crippen molar-refractivity contribution in [3.8, 4) is 11.5 Å². The number of carbonyl (C=O) groups is 1. The summed E-state index contributed by atoms with van der Waals surface area (Å²) in [6, 6.07) is 19.2. The molecule has 2 heterocycles. The number of carboxylic acid groups (broad SMARTS) is 1. The number of para-hydroxylation sites is 1. The van der Waals surface area contributed by atoms with Gasteiger partial charge in [0.05, 0.1) is 5.92 Å². The fourth-order valence-electron chi connectivity index (χ4n) is 3.32. The molecular formula is C22H22N4O3. The zero-order valence-electron chi connectivity index (χ0n) is 15.9. The number of nitrogens with zero attached hydrogens (tertiary/aromatic N) is 3. The van der Waals surface area contributed by atoms with Crippen molar-refractivity contribution in [2.45, 2.75) is 12.8 Å². The van der Waals surface area contributed by atoms with Crippen LogP contribution in [0.15, 0.2) is 67.0 Å². The number of nitrogens with one attached hydrogen (secondary N) is 1. The van der Waals surface area contributed by atoms with Crippen molar-refractivity contribution in [2.24, 2.45) is 5.92 Å². The van der Waals surface area contributed by atoms with Gasteiger partial charge in [0.15, 0.2) is 0 Å². The van der Waals surface area contributed by atoms with Crippen LogP contribution in [0.4, 0.5) is 17.3 Å². The van der Waals surface area contributed by atoms with Gasteiger partial charge in [-0.3, -0.25) is 4.79 Å². The Hall–Kier alpha value is -3.61. The highest BCUT2D eigenvalue weighted by atomic mass is 16.5. The second-order valence-electron chi connectivity index (χ2n) is 6.93. The number of rotatable bonds is 6. The van der Waals surface area contributed by atoms with E-state index < -0.39 is 5.97 Å². The van der Waals surface area contributed by atoms with Crippen molar-refractivity contribution >= 4 is 23.3 Å². The van der Waals surface area contributed by atoms with Gasteiger partial charge in [-0.25, -0.2) is 9.97 Å². The quantitative estimate of drug-likeness (QED) is 0.648. The van der Waals surface area contributed by atoms with Crippen LogP contribution in [0.25, 0.3) is 0 Å². The molecule has 7 nitrogen and oxygen atoms in total. The Morgan fingerprint density at radius 3 is 2.38 bits per heavy atom. The minimum Gasteiger partial charge on any atom is -0.481 e. The van der Waals surface area contributed by atoms with Crippen LogP contribution in [-0.2, 0) is 4.79 Å². The van der Waals surface area contributed by atoms with Crippen LogP contribution in [0.1, 0.15) is 12.8 Å². The Balaban J connectivity index is 1.38. The van der Waals surface area contributed by atoms with E-state index in [1.165, 1.54) is 6.33 Å². The van der Waals surface area contributed by atoms with Crippen molar-refractivity contribution < 1.29 is 14.6 Å². The highest BCUT2D eigenvalue weighted by molar-refractivity contribution is 5.70. The minimum absolute atomic E-state index is 0.262. The number of aromatic nitrogens is 2. The van der Waals surface area contributed by atoms with E-state index in [9.17, 15) is 4.79 Å². The number of hydrogen-bond donors (Lipinski definition) is 2. The lowest BCUT2D eigenvalue weighted by atomic mass is 9.97. The number of carboxylic acids is 1. The maximum absolute atomic E-state index is 11.1. The molecule has 0 radical (unpaired) electrons. The Morgan fingerprint density at radius 1 is 1.00 bits per heavy atom. The molecule has 0 saturated carbocycles. The molecule has 0 atom stereocenters. The lowest BCUT2D eigenvalue weighted by Gasteiger charge is -2.31. The summed E-state index contributed by atoms with van der Waals surface area (Å²) < 4.78 is 5.81. The summed E-state index contributed by atoms with van der Waals surface area (Å²) in [6.07, 6.45) is 2.78. The smallest absolute Gasteiger partial charge is 0.306 e. The van der Waals surface area contributed by atoms with E-state index in [1.807, 2.05) is 60.7 Å². The van der Waals surface area contributed by atoms with E-state index in [2.05, 4.69) is 20.2 Å². The van der Waals surface area contributed by atoms with E-state index in [4.69, 9.17) is 9.84 Å². The monoisotopic (exact) mass is 390 g/mol. The topological polar surface area (TPSA) is 87.6 Å². The highest BCUT2D eigenvalue weighted by Crippen LogP contribution is 2.26. The number of hydrogen-bond acceptors (Lipinski definition) is 6. The lowest BCUT2D eigenvalue weighted by Crippen LogP contribution is -2.36. The third-order valence-corrected chi connectivity index (χ3v) is 4.93. The van der Waals surface area contributed by atoms with Crippen LogP contribution in [-0.4, -0.2) is 34.1 Å². The van der Waals surface area contributed by atoms with Gasteiger partial charge in [-0.1, -0.05) is 18.2 Å². The number of benzene rings is 2. The molecule has 0 unspecified atom stereocenters. The lowest BCUT2D eigenvalue weighted by molar-refractivity contribution is -0.142. The fourth-order valence-corrected chi connectivity index (χ4v) is 3.32. The van der Waals surface area contributed by atoms with Gasteiger partial charge in [-0.05, 0) is 49.2 Å². The largest absolute Gasteiger partial charge is 0.481 e. The summed E-state index contributed by atoms with van der Waals surface area (Å²) in [4.78, 5) is 21.8. The van der Waals surface area contributed by atoms with Crippen molar-refractivity contribution in [2.75, 3.05) is 23.3 Å². The molecule has 2 N–H and O–H groups in total. The Bertz CT molecular complexity index is 955. The van der Waals surface area contributed by atoms with Crippen molar-refractivity contribution in [1.29, 1.82) is 0 Å². The van der Waals surface area contributed by atoms with Crippen LogP contribution < -0.4 is 15.0 Å². The zero-order chi connectivity index (χ0) is 20.1. The van der Waals surface area contributed by atoms with E-state index in [0.717, 1.165) is 23.0 Å². The molecule has 1 fully saturated rings. The molecule has 0 spiro atoms. The molecule has 1 aliphatic heterocycles. The predicted molar refractivity (Wildman–Crippen MR) is 111 cm³/mol. The SMILES string of the molecule is O=C(O)C1CCN(c2cc(Nc3ccc(Oc4ccccc4)cc3)ncn2)CC1. The first-order valence-corrected chi connectivity index (χ1v) is 9.57. The molecule has 4 rings (SSSR count). The van der Waals surface area contributed by atoms with Gasteiger partial charge >= 0.3 is 5.97 Å². The molecular weight excluding hydrogens is 368 g/mol. The third-order valence-electron chi connectivity index (χ3n) is 4.93. The second-order valence-corrected chi connectivity index (χ2v) is 6.93. The molecule has 0 bridgehead atoms. The van der Waals surface area contributed by atoms with Crippen LogP contribution >= 0.6 is 0 Å². The third kappa shape index (κ3) is 4.82. The zero-order valence-corrected chi connectivity index (χ0v) is 15.9. The molecule has 1 saturated heterocycles. The average Bonchev–Trinajstić information content (AvgIpc) is 2.76. The molecule has 29 heavy (non-hydrogen) atoms. The van der Waals surface area contributed by atoms with Gasteiger partial charge in [0.2, 0.25) is 0 Å². The van der Waals surface area contributed by atoms with Gasteiger partial charge in [-0.2, -0.15) is 0 Å². The van der Waals surface area contributed by atoms with Gasteiger partial charge in [0.1, 0.15) is 29.5 Å². The summed E-state index contributed by atoms with van der Waals surface area (Å²) >= 11 is 0. The molecule has 1 aliphatic rings. The number of anilines is 3. The number of piperidine rings is 1. The Labute approximate surface area is 169 Å². The van der Waals surface area contributed by atoms with Gasteiger partial charge in [0.25, 0.3) is 0 Å². The summed E-state index contributed by atoms with van der Waals surface area (Å²) in [5.41, 5.74) is 0.889. The maximum Gasteiger partial charge on any atom is 0.306 e. The van der Waals surface area contributed by atoms with Crippen LogP contribution in [0.5, 0.6) is 11.5 Å². The van der Waals surface area contributed by atoms with Gasteiger partial charge in [0, 0.05) is 24.8 Å². The summed E-state index contributed by atoms with van der Waals surface area (Å²) in [5.74, 6) is 2.06. The summed E-state index contributed by atoms with van der Waals surface area (Å²) in [7, 11) is 0. The molecule has 7 heteroatoms. The normalized spacial score (nSPS) is 14.4. The summed E-state index contributed by atoms with van der Waals surface area (Å²) in [6.45, 7) is 1.36. The van der Waals surface area contributed by atoms with Crippen molar-refractivity contribution in [1.82, 2.24) is 9.97 Å².